The Kier molecular flexibility index (Phi) is 4.05. The SMILES string of the molecule is CC(C)CNC(=O)c1cnccc1NN. The fraction of sp³-hybridized carbons (Fsp3) is 0.400. The smallest absolute Gasteiger partial charge is 0.255 e. The Morgan fingerprint density at radius 1 is 1.60 bits per heavy atom. The lowest BCUT2D eigenvalue weighted by molar-refractivity contribution is 0.0949. The van der Waals surface area contributed by atoms with Crippen LogP contribution in [0.2, 0.25) is 0 Å². The maximum atomic E-state index is 11.7. The van der Waals surface area contributed by atoms with Crippen molar-refractivity contribution in [2.75, 3.05) is 12.0 Å². The fourth-order valence-corrected chi connectivity index (χ4v) is 1.09. The number of anilines is 1. The van der Waals surface area contributed by atoms with Crippen LogP contribution < -0.4 is 16.6 Å². The second-order valence-corrected chi connectivity index (χ2v) is 3.67. The number of carbonyl (C=O) groups is 1. The molecule has 0 bridgehead atoms. The van der Waals surface area contributed by atoms with E-state index in [4.69, 9.17) is 5.84 Å². The minimum Gasteiger partial charge on any atom is -0.352 e. The number of hydrogen-bond acceptors (Lipinski definition) is 4. The number of nitrogens with one attached hydrogen (secondary N) is 2. The van der Waals surface area contributed by atoms with Crippen LogP contribution in [0.1, 0.15) is 24.2 Å². The number of pyridine rings is 1. The average Bonchev–Trinajstić information content (AvgIpc) is 2.25. The molecule has 0 saturated heterocycles. The van der Waals surface area contributed by atoms with E-state index in [-0.39, 0.29) is 5.91 Å². The summed E-state index contributed by atoms with van der Waals surface area (Å²) in [6.07, 6.45) is 3.07. The topological polar surface area (TPSA) is 80.0 Å². The standard InChI is InChI=1S/C10H16N4O/c1-7(2)5-13-10(15)8-6-12-4-3-9(8)14-11/h3-4,6-7H,5,11H2,1-2H3,(H,12,14)(H,13,15). The van der Waals surface area contributed by atoms with Crippen molar-refractivity contribution < 1.29 is 4.79 Å². The van der Waals surface area contributed by atoms with Crippen molar-refractivity contribution >= 4 is 11.6 Å². The zero-order valence-electron chi connectivity index (χ0n) is 8.95. The van der Waals surface area contributed by atoms with Gasteiger partial charge in [0.2, 0.25) is 0 Å². The van der Waals surface area contributed by atoms with Crippen LogP contribution in [-0.2, 0) is 0 Å². The first-order valence-electron chi connectivity index (χ1n) is 4.84. The number of carbonyl (C=O) groups excluding carboxylic acids is 1. The number of rotatable bonds is 4. The molecular weight excluding hydrogens is 192 g/mol. The van der Waals surface area contributed by atoms with Gasteiger partial charge in [0, 0.05) is 18.9 Å². The summed E-state index contributed by atoms with van der Waals surface area (Å²) in [5.74, 6) is 5.54. The maximum absolute atomic E-state index is 11.7. The summed E-state index contributed by atoms with van der Waals surface area (Å²) in [5.41, 5.74) is 3.50. The molecule has 1 aromatic rings. The van der Waals surface area contributed by atoms with Crippen molar-refractivity contribution in [3.05, 3.63) is 24.0 Å². The maximum Gasteiger partial charge on any atom is 0.255 e. The van der Waals surface area contributed by atoms with Crippen LogP contribution in [0.3, 0.4) is 0 Å². The molecule has 0 unspecified atom stereocenters. The summed E-state index contributed by atoms with van der Waals surface area (Å²) in [4.78, 5) is 15.6. The number of nitrogen functional groups attached to an aromatic ring is 1. The van der Waals surface area contributed by atoms with Crippen LogP contribution in [0.25, 0.3) is 0 Å². The molecule has 1 aromatic heterocycles. The normalized spacial score (nSPS) is 10.1. The van der Waals surface area contributed by atoms with Crippen LogP contribution in [0.4, 0.5) is 5.69 Å². The zero-order valence-corrected chi connectivity index (χ0v) is 8.95. The molecule has 0 spiro atoms. The van der Waals surface area contributed by atoms with Gasteiger partial charge in [-0.25, -0.2) is 0 Å². The highest BCUT2D eigenvalue weighted by atomic mass is 16.1. The quantitative estimate of drug-likeness (QED) is 0.504. The van der Waals surface area contributed by atoms with E-state index in [0.717, 1.165) is 0 Å². The van der Waals surface area contributed by atoms with Gasteiger partial charge in [0.1, 0.15) is 0 Å². The third kappa shape index (κ3) is 3.21. The third-order valence-corrected chi connectivity index (χ3v) is 1.89. The first kappa shape index (κ1) is 11.5. The van der Waals surface area contributed by atoms with E-state index >= 15 is 0 Å². The second kappa shape index (κ2) is 5.31. The van der Waals surface area contributed by atoms with Gasteiger partial charge in [-0.3, -0.25) is 15.6 Å². The van der Waals surface area contributed by atoms with E-state index in [1.807, 2.05) is 13.8 Å². The number of nitrogens with zero attached hydrogens (tertiary/aromatic N) is 1. The summed E-state index contributed by atoms with van der Waals surface area (Å²) in [6, 6.07) is 1.66. The molecule has 1 rings (SSSR count). The van der Waals surface area contributed by atoms with Crippen LogP contribution in [0, 0.1) is 5.92 Å². The molecule has 4 N–H and O–H groups in total. The molecule has 0 radical (unpaired) electrons. The van der Waals surface area contributed by atoms with Gasteiger partial charge in [-0.2, -0.15) is 0 Å². The molecule has 1 heterocycles. The average molecular weight is 208 g/mol. The Morgan fingerprint density at radius 3 is 2.93 bits per heavy atom. The molecule has 0 saturated carbocycles. The molecule has 0 aliphatic heterocycles. The minimum absolute atomic E-state index is 0.162. The highest BCUT2D eigenvalue weighted by Gasteiger charge is 2.10. The van der Waals surface area contributed by atoms with Crippen LogP contribution >= 0.6 is 0 Å². The van der Waals surface area contributed by atoms with Gasteiger partial charge in [-0.15, -0.1) is 0 Å². The summed E-state index contributed by atoms with van der Waals surface area (Å²) < 4.78 is 0. The Balaban J connectivity index is 2.72. The van der Waals surface area contributed by atoms with E-state index in [2.05, 4.69) is 15.7 Å². The number of hydrogen-bond donors (Lipinski definition) is 3. The van der Waals surface area contributed by atoms with E-state index in [9.17, 15) is 4.79 Å². The molecule has 0 aliphatic rings. The first-order valence-corrected chi connectivity index (χ1v) is 4.84. The fourth-order valence-electron chi connectivity index (χ4n) is 1.09. The lowest BCUT2D eigenvalue weighted by Crippen LogP contribution is -2.28. The largest absolute Gasteiger partial charge is 0.352 e. The minimum atomic E-state index is -0.162. The van der Waals surface area contributed by atoms with E-state index < -0.39 is 0 Å². The van der Waals surface area contributed by atoms with Gasteiger partial charge in [-0.1, -0.05) is 13.8 Å². The number of amides is 1. The molecule has 0 aliphatic carbocycles. The number of aromatic nitrogens is 1. The van der Waals surface area contributed by atoms with Gasteiger partial charge < -0.3 is 10.7 Å². The van der Waals surface area contributed by atoms with Crippen molar-refractivity contribution in [3.63, 3.8) is 0 Å². The molecule has 5 nitrogen and oxygen atoms in total. The van der Waals surface area contributed by atoms with Crippen molar-refractivity contribution in [1.29, 1.82) is 0 Å². The van der Waals surface area contributed by atoms with Crippen LogP contribution in [0.15, 0.2) is 18.5 Å². The third-order valence-electron chi connectivity index (χ3n) is 1.89. The lowest BCUT2D eigenvalue weighted by Gasteiger charge is -2.10. The van der Waals surface area contributed by atoms with Crippen molar-refractivity contribution in [2.24, 2.45) is 11.8 Å². The summed E-state index contributed by atoms with van der Waals surface area (Å²) in [5, 5.41) is 2.80. The van der Waals surface area contributed by atoms with Gasteiger partial charge >= 0.3 is 0 Å². The predicted molar refractivity (Wildman–Crippen MR) is 59.2 cm³/mol. The number of hydrazine groups is 1. The van der Waals surface area contributed by atoms with Gasteiger partial charge in [0.25, 0.3) is 5.91 Å². The van der Waals surface area contributed by atoms with Crippen molar-refractivity contribution in [3.8, 4) is 0 Å². The zero-order chi connectivity index (χ0) is 11.3. The highest BCUT2D eigenvalue weighted by Crippen LogP contribution is 2.11. The molecule has 0 aromatic carbocycles. The predicted octanol–water partition coefficient (Wildman–Crippen LogP) is 0.753. The Bertz CT molecular complexity index is 338. The Morgan fingerprint density at radius 2 is 2.33 bits per heavy atom. The van der Waals surface area contributed by atoms with E-state index in [1.54, 1.807) is 12.3 Å². The molecule has 0 atom stereocenters. The molecule has 1 amide bonds. The summed E-state index contributed by atoms with van der Waals surface area (Å²) in [6.45, 7) is 4.70. The molecule has 82 valence electrons. The molecule has 5 heteroatoms. The highest BCUT2D eigenvalue weighted by molar-refractivity contribution is 5.99. The van der Waals surface area contributed by atoms with Gasteiger partial charge in [-0.05, 0) is 12.0 Å². The van der Waals surface area contributed by atoms with Gasteiger partial charge in [0.05, 0.1) is 11.3 Å². The van der Waals surface area contributed by atoms with Crippen LogP contribution in [-0.4, -0.2) is 17.4 Å². The lowest BCUT2D eigenvalue weighted by atomic mass is 10.2. The van der Waals surface area contributed by atoms with Crippen LogP contribution in [0.5, 0.6) is 0 Å². The first-order chi connectivity index (χ1) is 7.15. The summed E-state index contributed by atoms with van der Waals surface area (Å²) >= 11 is 0. The Hall–Kier alpha value is -1.62. The summed E-state index contributed by atoms with van der Waals surface area (Å²) in [7, 11) is 0. The van der Waals surface area contributed by atoms with Crippen molar-refractivity contribution in [1.82, 2.24) is 10.3 Å². The molecular formula is C10H16N4O. The molecule has 0 fully saturated rings. The van der Waals surface area contributed by atoms with E-state index in [0.29, 0.717) is 23.7 Å². The van der Waals surface area contributed by atoms with E-state index in [1.165, 1.54) is 6.20 Å². The Labute approximate surface area is 89.0 Å². The second-order valence-electron chi connectivity index (χ2n) is 3.67. The monoisotopic (exact) mass is 208 g/mol. The number of nitrogens with two attached hydrogens (primary N) is 1. The molecule has 15 heavy (non-hydrogen) atoms. The van der Waals surface area contributed by atoms with Gasteiger partial charge in [0.15, 0.2) is 0 Å². The van der Waals surface area contributed by atoms with Crippen molar-refractivity contribution in [2.45, 2.75) is 13.8 Å².